The average molecular weight is 696 g/mol. The zero-order chi connectivity index (χ0) is 33.5. The lowest BCUT2D eigenvalue weighted by molar-refractivity contribution is -0.137. The number of aromatic amines is 1. The molecule has 3 fully saturated rings. The molecule has 246 valence electrons. The summed E-state index contributed by atoms with van der Waals surface area (Å²) in [5.41, 5.74) is -0.190. The molecule has 3 heterocycles. The molecule has 3 aromatic carbocycles. The number of para-hydroxylation sites is 1. The number of thioether (sulfide) groups is 1. The van der Waals surface area contributed by atoms with Gasteiger partial charge in [0.05, 0.1) is 28.1 Å². The largest absolute Gasteiger partial charge is 0.484 e. The summed E-state index contributed by atoms with van der Waals surface area (Å²) in [6.07, 6.45) is -4.16. The second-order valence-electron chi connectivity index (χ2n) is 12.4. The number of carbonyl (C=O) groups excluding carboxylic acids is 3. The van der Waals surface area contributed by atoms with E-state index in [4.69, 9.17) is 4.74 Å². The molecule has 6 unspecified atom stereocenters. The molecule has 2 saturated carbocycles. The maximum atomic E-state index is 13.9. The van der Waals surface area contributed by atoms with Gasteiger partial charge in [-0.15, -0.1) is 11.8 Å². The van der Waals surface area contributed by atoms with Crippen molar-refractivity contribution in [1.29, 1.82) is 0 Å². The first kappa shape index (κ1) is 30.9. The van der Waals surface area contributed by atoms with Gasteiger partial charge in [-0.2, -0.15) is 13.2 Å². The Labute approximate surface area is 278 Å². The summed E-state index contributed by atoms with van der Waals surface area (Å²) in [5.74, 6) is -4.12. The van der Waals surface area contributed by atoms with E-state index >= 15 is 0 Å². The third-order valence-corrected chi connectivity index (χ3v) is 12.5. The first-order chi connectivity index (χ1) is 23.0. The van der Waals surface area contributed by atoms with Crippen LogP contribution in [0.2, 0.25) is 0 Å². The van der Waals surface area contributed by atoms with Crippen LogP contribution in [-0.2, 0) is 20.6 Å². The number of thiazole rings is 1. The Morgan fingerprint density at radius 1 is 0.938 bits per heavy atom. The van der Waals surface area contributed by atoms with Crippen molar-refractivity contribution in [3.05, 3.63) is 104 Å². The summed E-state index contributed by atoms with van der Waals surface area (Å²) in [6.45, 7) is -0.290. The van der Waals surface area contributed by atoms with Crippen molar-refractivity contribution in [1.82, 2.24) is 4.98 Å². The number of fused-ring (bicyclic) bond motifs is 9. The molecule has 2 aliphatic heterocycles. The number of hydrogen-bond acceptors (Lipinski definition) is 7. The van der Waals surface area contributed by atoms with Crippen molar-refractivity contribution in [3.8, 4) is 5.75 Å². The number of carbonyl (C=O) groups is 3. The molecule has 7 atom stereocenters. The fraction of sp³-hybridized carbons (Fsp3) is 0.294. The van der Waals surface area contributed by atoms with Crippen molar-refractivity contribution in [2.75, 3.05) is 16.8 Å². The average Bonchev–Trinajstić information content (AvgIpc) is 3.80. The minimum atomic E-state index is -4.74. The third-order valence-electron chi connectivity index (χ3n) is 9.91. The molecule has 8 rings (SSSR count). The van der Waals surface area contributed by atoms with Crippen molar-refractivity contribution < 1.29 is 36.7 Å². The van der Waals surface area contributed by atoms with E-state index in [1.54, 1.807) is 12.1 Å². The van der Waals surface area contributed by atoms with Gasteiger partial charge in [0, 0.05) is 21.7 Å². The number of nitrogens with zero attached hydrogens (tertiary/aromatic N) is 1. The number of rotatable bonds is 6. The smallest absolute Gasteiger partial charge is 0.418 e. The van der Waals surface area contributed by atoms with Gasteiger partial charge in [-0.05, 0) is 78.3 Å². The molecule has 14 heteroatoms. The van der Waals surface area contributed by atoms with Crippen LogP contribution < -0.4 is 19.8 Å². The molecule has 1 saturated heterocycles. The Morgan fingerprint density at radius 2 is 1.62 bits per heavy atom. The van der Waals surface area contributed by atoms with E-state index in [9.17, 15) is 36.7 Å². The van der Waals surface area contributed by atoms with E-state index in [0.29, 0.717) is 22.9 Å². The van der Waals surface area contributed by atoms with Crippen LogP contribution in [0, 0.1) is 35.4 Å². The fourth-order valence-corrected chi connectivity index (χ4v) is 11.1. The molecule has 2 bridgehead atoms. The Balaban J connectivity index is 1.07. The Kier molecular flexibility index (Phi) is 7.29. The summed E-state index contributed by atoms with van der Waals surface area (Å²) >= 11 is 2.58. The highest BCUT2D eigenvalue weighted by Gasteiger charge is 2.70. The predicted octanol–water partition coefficient (Wildman–Crippen LogP) is 6.29. The van der Waals surface area contributed by atoms with Crippen LogP contribution in [0.15, 0.2) is 82.6 Å². The highest BCUT2D eigenvalue weighted by Crippen LogP contribution is 2.68. The quantitative estimate of drug-likeness (QED) is 0.181. The lowest BCUT2D eigenvalue weighted by Gasteiger charge is -2.43. The van der Waals surface area contributed by atoms with Crippen LogP contribution in [0.4, 0.5) is 28.9 Å². The van der Waals surface area contributed by atoms with Gasteiger partial charge >= 0.3 is 11.0 Å². The minimum Gasteiger partial charge on any atom is -0.484 e. The molecule has 8 nitrogen and oxygen atoms in total. The van der Waals surface area contributed by atoms with E-state index in [1.807, 2.05) is 12.1 Å². The number of benzene rings is 3. The van der Waals surface area contributed by atoms with Crippen LogP contribution in [-0.4, -0.2) is 34.6 Å². The van der Waals surface area contributed by atoms with Gasteiger partial charge in [0.25, 0.3) is 5.91 Å². The molecule has 2 aliphatic carbocycles. The minimum absolute atomic E-state index is 0.139. The van der Waals surface area contributed by atoms with Crippen molar-refractivity contribution in [2.45, 2.75) is 28.8 Å². The lowest BCUT2D eigenvalue weighted by atomic mass is 9.68. The SMILES string of the molecule is O=C(COc1ccc([C@H]2c3sc(=O)[nH]c3SC3C4CC(C5C(=O)N(c6ccccc6C(F)(F)F)C(=O)C45)C32)cc1)Nc1ccc(F)cc1. The molecule has 0 radical (unpaired) electrons. The third kappa shape index (κ3) is 4.95. The first-order valence-electron chi connectivity index (χ1n) is 15.2. The van der Waals surface area contributed by atoms with E-state index in [-0.39, 0.29) is 40.4 Å². The van der Waals surface area contributed by atoms with Gasteiger partial charge in [0.15, 0.2) is 6.61 Å². The van der Waals surface area contributed by atoms with Crippen molar-refractivity contribution in [3.63, 3.8) is 0 Å². The predicted molar refractivity (Wildman–Crippen MR) is 169 cm³/mol. The van der Waals surface area contributed by atoms with Crippen LogP contribution in [0.3, 0.4) is 0 Å². The second kappa shape index (κ2) is 11.3. The van der Waals surface area contributed by atoms with E-state index in [0.717, 1.165) is 32.7 Å². The van der Waals surface area contributed by atoms with Gasteiger partial charge in [-0.1, -0.05) is 35.6 Å². The molecule has 48 heavy (non-hydrogen) atoms. The summed E-state index contributed by atoms with van der Waals surface area (Å²) in [6, 6.07) is 17.1. The molecule has 2 N–H and O–H groups in total. The summed E-state index contributed by atoms with van der Waals surface area (Å²) in [5, 5.41) is 3.19. The lowest BCUT2D eigenvalue weighted by Crippen LogP contribution is -2.42. The standard InChI is InChI=1S/C34H25F4N3O5S2/c35-16-7-9-17(10-8-16)39-23(42)14-46-18-11-5-15(6-12-18)24-25-19-13-20(28(25)47-30-29(24)48-33(45)40-30)27-26(19)31(43)41(32(27)44)22-4-2-1-3-21(22)34(36,37)38/h1-12,19-20,24-28H,13-14H2,(H,39,42)(H,40,45)/t19?,20?,24-,25?,26?,27?,28?/m1/s1. The van der Waals surface area contributed by atoms with Gasteiger partial charge in [-0.25, -0.2) is 9.29 Å². The maximum absolute atomic E-state index is 13.9. The number of anilines is 2. The number of alkyl halides is 3. The molecule has 4 aromatic rings. The first-order valence-corrected chi connectivity index (χ1v) is 16.9. The molecule has 1 aromatic heterocycles. The summed E-state index contributed by atoms with van der Waals surface area (Å²) < 4.78 is 60.6. The Morgan fingerprint density at radius 3 is 2.33 bits per heavy atom. The number of nitrogens with one attached hydrogen (secondary N) is 2. The molecule has 0 spiro atoms. The second-order valence-corrected chi connectivity index (χ2v) is 14.6. The molecule has 4 aliphatic rings. The van der Waals surface area contributed by atoms with Gasteiger partial charge in [-0.3, -0.25) is 19.2 Å². The van der Waals surface area contributed by atoms with Gasteiger partial charge in [0.1, 0.15) is 11.6 Å². The normalized spacial score (nSPS) is 27.1. The Bertz CT molecular complexity index is 2010. The topological polar surface area (TPSA) is 109 Å². The fourth-order valence-electron chi connectivity index (χ4n) is 8.19. The number of amides is 3. The number of aromatic nitrogens is 1. The summed E-state index contributed by atoms with van der Waals surface area (Å²) in [4.78, 5) is 57.0. The van der Waals surface area contributed by atoms with Crippen LogP contribution in [0.25, 0.3) is 0 Å². The van der Waals surface area contributed by atoms with Crippen LogP contribution >= 0.6 is 23.1 Å². The number of hydrogen-bond donors (Lipinski definition) is 2. The highest BCUT2D eigenvalue weighted by molar-refractivity contribution is 8.00. The highest BCUT2D eigenvalue weighted by atomic mass is 32.2. The van der Waals surface area contributed by atoms with Gasteiger partial charge < -0.3 is 15.0 Å². The van der Waals surface area contributed by atoms with Gasteiger partial charge in [0.2, 0.25) is 11.8 Å². The zero-order valence-electron chi connectivity index (χ0n) is 24.7. The van der Waals surface area contributed by atoms with Crippen LogP contribution in [0.5, 0.6) is 5.75 Å². The van der Waals surface area contributed by atoms with E-state index in [2.05, 4.69) is 10.3 Å². The summed E-state index contributed by atoms with van der Waals surface area (Å²) in [7, 11) is 0. The van der Waals surface area contributed by atoms with E-state index in [1.165, 1.54) is 54.2 Å². The number of ether oxygens (including phenoxy) is 1. The zero-order valence-corrected chi connectivity index (χ0v) is 26.3. The number of H-pyrrole nitrogens is 1. The monoisotopic (exact) mass is 695 g/mol. The van der Waals surface area contributed by atoms with Crippen molar-refractivity contribution in [2.24, 2.45) is 29.6 Å². The Hall–Kier alpha value is -4.43. The maximum Gasteiger partial charge on any atom is 0.418 e. The molecule has 3 amide bonds. The number of imide groups is 1. The van der Waals surface area contributed by atoms with Crippen molar-refractivity contribution >= 4 is 52.2 Å². The van der Waals surface area contributed by atoms with Crippen LogP contribution in [0.1, 0.15) is 28.3 Å². The van der Waals surface area contributed by atoms with E-state index < -0.39 is 52.8 Å². The molecular formula is C34H25F4N3O5S2. The molecular weight excluding hydrogens is 671 g/mol. The number of halogens is 4.